The number of carbonyl (C=O) groups excluding carboxylic acids is 2. The number of nitrogens with one attached hydrogen (secondary N) is 1. The number of benzene rings is 4. The first-order chi connectivity index (χ1) is 18.5. The predicted molar refractivity (Wildman–Crippen MR) is 149 cm³/mol. The van der Waals surface area contributed by atoms with E-state index in [2.05, 4.69) is 10.3 Å². The van der Waals surface area contributed by atoms with Gasteiger partial charge in [-0.05, 0) is 64.4 Å². The maximum absolute atomic E-state index is 12.8. The monoisotopic (exact) mass is 542 g/mol. The van der Waals surface area contributed by atoms with Gasteiger partial charge in [0, 0.05) is 18.0 Å². The van der Waals surface area contributed by atoms with Crippen LogP contribution in [0.3, 0.4) is 0 Å². The fourth-order valence-corrected chi connectivity index (χ4v) is 4.76. The summed E-state index contributed by atoms with van der Waals surface area (Å²) in [6, 6.07) is 32.7. The van der Waals surface area contributed by atoms with Crippen LogP contribution in [0.15, 0.2) is 113 Å². The van der Waals surface area contributed by atoms with Crippen LogP contribution in [-0.4, -0.2) is 17.0 Å². The molecule has 1 saturated heterocycles. The van der Waals surface area contributed by atoms with E-state index in [0.29, 0.717) is 33.7 Å². The number of carboxylic acid groups (broad SMARTS) is 1. The molecule has 1 aliphatic heterocycles. The van der Waals surface area contributed by atoms with Crippen LogP contribution in [-0.2, 0) is 22.6 Å². The van der Waals surface area contributed by atoms with Crippen LogP contribution in [0.1, 0.15) is 16.7 Å². The number of amidine groups is 1. The van der Waals surface area contributed by atoms with Crippen LogP contribution in [0, 0.1) is 0 Å². The van der Waals surface area contributed by atoms with E-state index < -0.39 is 5.97 Å². The standard InChI is InChI=1S/C31H24N2O4S.Na/c34-29(35)17-21-11-14-26(15-12-21)32-31-33-30(36)28(38-31)19-25-18-24(23-9-5-2-6-10-23)13-16-27(25)37-20-22-7-3-1-4-8-22;/h1-16,18-19H,17,20H2,(H,34,35)(H,32,33,36);/q;+1/p-1. The average molecular weight is 543 g/mol. The smallest absolute Gasteiger partial charge is 0.550 e. The number of amides is 1. The van der Waals surface area contributed by atoms with Crippen molar-refractivity contribution in [2.45, 2.75) is 13.0 Å². The molecule has 0 aliphatic carbocycles. The zero-order valence-corrected chi connectivity index (χ0v) is 24.1. The minimum atomic E-state index is -1.14. The predicted octanol–water partition coefficient (Wildman–Crippen LogP) is 2.12. The number of aliphatic imine (C=N–C) groups is 1. The summed E-state index contributed by atoms with van der Waals surface area (Å²) in [5.41, 5.74) is 5.14. The van der Waals surface area contributed by atoms with Crippen molar-refractivity contribution in [1.82, 2.24) is 5.32 Å². The summed E-state index contributed by atoms with van der Waals surface area (Å²) in [4.78, 5) is 28.6. The van der Waals surface area contributed by atoms with Gasteiger partial charge in [0.25, 0.3) is 5.91 Å². The van der Waals surface area contributed by atoms with Gasteiger partial charge < -0.3 is 20.0 Å². The molecule has 39 heavy (non-hydrogen) atoms. The molecule has 8 heteroatoms. The van der Waals surface area contributed by atoms with E-state index in [0.717, 1.165) is 22.3 Å². The molecule has 1 aliphatic rings. The van der Waals surface area contributed by atoms with Gasteiger partial charge in [-0.15, -0.1) is 0 Å². The van der Waals surface area contributed by atoms with Gasteiger partial charge in [0.05, 0.1) is 10.6 Å². The first kappa shape index (κ1) is 28.4. The summed E-state index contributed by atoms with van der Waals surface area (Å²) in [6.45, 7) is 0.404. The van der Waals surface area contributed by atoms with Gasteiger partial charge in [-0.3, -0.25) is 4.79 Å². The van der Waals surface area contributed by atoms with Crippen molar-refractivity contribution in [1.29, 1.82) is 0 Å². The number of thioether (sulfide) groups is 1. The molecular formula is C31H23N2NaO4S. The zero-order chi connectivity index (χ0) is 26.3. The summed E-state index contributed by atoms with van der Waals surface area (Å²) in [6.07, 6.45) is 1.66. The number of rotatable bonds is 8. The van der Waals surface area contributed by atoms with Gasteiger partial charge in [0.2, 0.25) is 0 Å². The zero-order valence-electron chi connectivity index (χ0n) is 21.3. The summed E-state index contributed by atoms with van der Waals surface area (Å²) < 4.78 is 6.16. The van der Waals surface area contributed by atoms with Crippen LogP contribution in [0.2, 0.25) is 0 Å². The summed E-state index contributed by atoms with van der Waals surface area (Å²) >= 11 is 1.24. The van der Waals surface area contributed by atoms with Crippen molar-refractivity contribution < 1.29 is 49.0 Å². The Morgan fingerprint density at radius 2 is 1.56 bits per heavy atom. The van der Waals surface area contributed by atoms with Gasteiger partial charge in [0.1, 0.15) is 12.4 Å². The van der Waals surface area contributed by atoms with E-state index in [1.54, 1.807) is 24.3 Å². The second kappa shape index (κ2) is 13.4. The molecule has 0 unspecified atom stereocenters. The number of hydrogen-bond donors (Lipinski definition) is 1. The number of nitrogens with zero attached hydrogens (tertiary/aromatic N) is 1. The van der Waals surface area contributed by atoms with Crippen molar-refractivity contribution in [3.05, 3.63) is 125 Å². The minimum Gasteiger partial charge on any atom is -0.550 e. The Kier molecular flexibility index (Phi) is 9.79. The number of ether oxygens (including phenoxy) is 1. The number of carbonyl (C=O) groups is 2. The average Bonchev–Trinajstić information content (AvgIpc) is 3.28. The maximum atomic E-state index is 12.8. The molecule has 1 fully saturated rings. The van der Waals surface area contributed by atoms with E-state index in [4.69, 9.17) is 4.74 Å². The van der Waals surface area contributed by atoms with Gasteiger partial charge in [-0.25, -0.2) is 4.99 Å². The van der Waals surface area contributed by atoms with Crippen LogP contribution < -0.4 is 44.7 Å². The van der Waals surface area contributed by atoms with E-state index in [1.807, 2.05) is 84.9 Å². The van der Waals surface area contributed by atoms with Crippen molar-refractivity contribution in [2.75, 3.05) is 0 Å². The minimum absolute atomic E-state index is 0. The number of carboxylic acids is 1. The quantitative estimate of drug-likeness (QED) is 0.272. The molecule has 0 bridgehead atoms. The van der Waals surface area contributed by atoms with Crippen LogP contribution >= 0.6 is 11.8 Å². The van der Waals surface area contributed by atoms with Crippen molar-refractivity contribution in [3.63, 3.8) is 0 Å². The molecule has 4 aromatic rings. The van der Waals surface area contributed by atoms with Gasteiger partial charge in [0.15, 0.2) is 5.17 Å². The van der Waals surface area contributed by atoms with E-state index in [-0.39, 0.29) is 41.9 Å². The Bertz CT molecular complexity index is 1520. The molecule has 5 rings (SSSR count). The van der Waals surface area contributed by atoms with E-state index in [9.17, 15) is 14.7 Å². The van der Waals surface area contributed by atoms with Crippen molar-refractivity contribution >= 4 is 40.6 Å². The molecule has 0 aromatic heterocycles. The van der Waals surface area contributed by atoms with E-state index in [1.165, 1.54) is 11.8 Å². The van der Waals surface area contributed by atoms with Crippen LogP contribution in [0.25, 0.3) is 17.2 Å². The number of hydrogen-bond acceptors (Lipinski definition) is 6. The van der Waals surface area contributed by atoms with Gasteiger partial charge in [-0.2, -0.15) is 0 Å². The fourth-order valence-electron chi connectivity index (χ4n) is 3.93. The summed E-state index contributed by atoms with van der Waals surface area (Å²) in [5.74, 6) is -0.717. The Hall–Kier alpha value is -3.62. The van der Waals surface area contributed by atoms with Gasteiger partial charge in [-0.1, -0.05) is 78.9 Å². The molecule has 0 radical (unpaired) electrons. The maximum Gasteiger partial charge on any atom is 1.00 e. The first-order valence-corrected chi connectivity index (χ1v) is 12.8. The second-order valence-electron chi connectivity index (χ2n) is 8.59. The van der Waals surface area contributed by atoms with Gasteiger partial charge >= 0.3 is 29.6 Å². The summed E-state index contributed by atoms with van der Waals surface area (Å²) in [5, 5.41) is 14.0. The normalized spacial score (nSPS) is 14.6. The third kappa shape index (κ3) is 7.71. The SMILES string of the molecule is O=C([O-])Cc1ccc(N=C2NC(=O)C(=Cc3cc(-c4ccccc4)ccc3OCc3ccccc3)S2)cc1.[Na+]. The molecule has 1 N–H and O–H groups in total. The molecule has 0 spiro atoms. The Morgan fingerprint density at radius 1 is 0.872 bits per heavy atom. The van der Waals surface area contributed by atoms with E-state index >= 15 is 0 Å². The molecule has 6 nitrogen and oxygen atoms in total. The Labute approximate surface area is 253 Å². The number of aliphatic carboxylic acids is 1. The summed E-state index contributed by atoms with van der Waals surface area (Å²) in [7, 11) is 0. The molecule has 188 valence electrons. The molecule has 0 saturated carbocycles. The topological polar surface area (TPSA) is 90.8 Å². The third-order valence-corrected chi connectivity index (χ3v) is 6.72. The third-order valence-electron chi connectivity index (χ3n) is 5.81. The Morgan fingerprint density at radius 3 is 2.26 bits per heavy atom. The van der Waals surface area contributed by atoms with Crippen LogP contribution in [0.5, 0.6) is 5.75 Å². The second-order valence-corrected chi connectivity index (χ2v) is 9.62. The van der Waals surface area contributed by atoms with Crippen molar-refractivity contribution in [2.24, 2.45) is 4.99 Å². The molecular weight excluding hydrogens is 519 g/mol. The molecule has 1 heterocycles. The molecule has 0 atom stereocenters. The largest absolute Gasteiger partial charge is 1.00 e. The molecule has 1 amide bonds. The fraction of sp³-hybridized carbons (Fsp3) is 0.0645. The van der Waals surface area contributed by atoms with Crippen LogP contribution in [0.4, 0.5) is 5.69 Å². The van der Waals surface area contributed by atoms with Crippen molar-refractivity contribution in [3.8, 4) is 16.9 Å². The first-order valence-electron chi connectivity index (χ1n) is 12.0. The Balaban J connectivity index is 0.00000353. The molecule has 4 aromatic carbocycles.